The number of anilines is 1. The van der Waals surface area contributed by atoms with E-state index in [4.69, 9.17) is 16.3 Å². The van der Waals surface area contributed by atoms with E-state index < -0.39 is 5.60 Å². The van der Waals surface area contributed by atoms with Crippen LogP contribution in [0.5, 0.6) is 0 Å². The minimum Gasteiger partial charge on any atom is -0.444 e. The zero-order chi connectivity index (χ0) is 16.7. The van der Waals surface area contributed by atoms with Crippen LogP contribution in [0, 0.1) is 5.41 Å². The highest BCUT2D eigenvalue weighted by molar-refractivity contribution is 6.29. The summed E-state index contributed by atoms with van der Waals surface area (Å²) in [5, 5.41) is 0.419. The molecule has 0 atom stereocenters. The fourth-order valence-electron chi connectivity index (χ4n) is 3.23. The molecule has 0 N–H and O–H groups in total. The molecule has 2 aliphatic rings. The third-order valence-corrected chi connectivity index (χ3v) is 4.63. The Labute approximate surface area is 141 Å². The summed E-state index contributed by atoms with van der Waals surface area (Å²) in [6.07, 6.45) is 5.17. The number of rotatable bonds is 1. The Morgan fingerprint density at radius 2 is 1.91 bits per heavy atom. The number of ether oxygens (including phenoxy) is 1. The van der Waals surface area contributed by atoms with Gasteiger partial charge in [0, 0.05) is 31.6 Å². The highest BCUT2D eigenvalue weighted by atomic mass is 35.5. The number of piperidine rings is 1. The number of carbonyl (C=O) groups excluding carboxylic acids is 1. The van der Waals surface area contributed by atoms with E-state index in [2.05, 4.69) is 14.9 Å². The lowest BCUT2D eigenvalue weighted by Crippen LogP contribution is -2.62. The van der Waals surface area contributed by atoms with Crippen molar-refractivity contribution in [3.05, 3.63) is 17.5 Å². The van der Waals surface area contributed by atoms with Crippen LogP contribution < -0.4 is 4.90 Å². The zero-order valence-corrected chi connectivity index (χ0v) is 14.6. The molecule has 2 fully saturated rings. The first-order chi connectivity index (χ1) is 10.8. The van der Waals surface area contributed by atoms with Crippen LogP contribution in [0.2, 0.25) is 5.15 Å². The fraction of sp³-hybridized carbons (Fsp3) is 0.688. The second-order valence-electron chi connectivity index (χ2n) is 7.52. The maximum atomic E-state index is 12.1. The summed E-state index contributed by atoms with van der Waals surface area (Å²) in [4.78, 5) is 24.5. The number of halogens is 1. The van der Waals surface area contributed by atoms with Crippen LogP contribution in [0.15, 0.2) is 12.4 Å². The molecular weight excluding hydrogens is 316 g/mol. The normalized spacial score (nSPS) is 20.3. The number of aromatic nitrogens is 2. The van der Waals surface area contributed by atoms with Crippen molar-refractivity contribution < 1.29 is 9.53 Å². The molecule has 3 heterocycles. The summed E-state index contributed by atoms with van der Waals surface area (Å²) in [5.41, 5.74) is -0.201. The van der Waals surface area contributed by atoms with Gasteiger partial charge in [-0.15, -0.1) is 0 Å². The van der Waals surface area contributed by atoms with E-state index in [0.29, 0.717) is 5.15 Å². The van der Waals surface area contributed by atoms with E-state index in [0.717, 1.165) is 44.8 Å². The van der Waals surface area contributed by atoms with Gasteiger partial charge in [-0.1, -0.05) is 11.6 Å². The highest BCUT2D eigenvalue weighted by Gasteiger charge is 2.47. The molecule has 0 aromatic carbocycles. The van der Waals surface area contributed by atoms with Gasteiger partial charge in [0.1, 0.15) is 16.6 Å². The van der Waals surface area contributed by atoms with Crippen molar-refractivity contribution in [2.45, 2.75) is 39.2 Å². The third-order valence-electron chi connectivity index (χ3n) is 4.44. The molecule has 0 saturated carbocycles. The summed E-state index contributed by atoms with van der Waals surface area (Å²) in [5.74, 6) is 0.829. The zero-order valence-electron chi connectivity index (χ0n) is 13.9. The summed E-state index contributed by atoms with van der Waals surface area (Å²) >= 11 is 5.91. The summed E-state index contributed by atoms with van der Waals surface area (Å²) in [7, 11) is 0. The van der Waals surface area contributed by atoms with Crippen molar-refractivity contribution in [3.63, 3.8) is 0 Å². The standard InChI is InChI=1S/C16H23ClN4O2/c1-15(2,3)23-14(22)21-10-16(11-21)4-6-20(7-5-16)13-9-18-8-12(17)19-13/h8-9H,4-7,10-11H2,1-3H3. The van der Waals surface area contributed by atoms with Gasteiger partial charge in [-0.25, -0.2) is 9.78 Å². The maximum Gasteiger partial charge on any atom is 0.410 e. The lowest BCUT2D eigenvalue weighted by Gasteiger charge is -2.53. The molecule has 126 valence electrons. The second-order valence-corrected chi connectivity index (χ2v) is 7.91. The van der Waals surface area contributed by atoms with Gasteiger partial charge in [-0.2, -0.15) is 0 Å². The van der Waals surface area contributed by atoms with Gasteiger partial charge in [0.25, 0.3) is 0 Å². The monoisotopic (exact) mass is 338 g/mol. The summed E-state index contributed by atoms with van der Waals surface area (Å²) in [6.45, 7) is 9.09. The predicted octanol–water partition coefficient (Wildman–Crippen LogP) is 2.97. The highest BCUT2D eigenvalue weighted by Crippen LogP contribution is 2.41. The van der Waals surface area contributed by atoms with Crippen LogP contribution >= 0.6 is 11.6 Å². The average Bonchev–Trinajstić information content (AvgIpc) is 2.43. The molecular formula is C16H23ClN4O2. The molecule has 2 aliphatic heterocycles. The van der Waals surface area contributed by atoms with E-state index in [1.165, 1.54) is 0 Å². The largest absolute Gasteiger partial charge is 0.444 e. The Hall–Kier alpha value is -1.56. The van der Waals surface area contributed by atoms with Crippen molar-refractivity contribution >= 4 is 23.5 Å². The third kappa shape index (κ3) is 3.68. The minimum atomic E-state index is -0.436. The molecule has 1 spiro atoms. The molecule has 3 rings (SSSR count). The number of likely N-dealkylation sites (tertiary alicyclic amines) is 1. The lowest BCUT2D eigenvalue weighted by atomic mass is 9.72. The topological polar surface area (TPSA) is 58.6 Å². The van der Waals surface area contributed by atoms with Crippen molar-refractivity contribution in [1.82, 2.24) is 14.9 Å². The molecule has 0 unspecified atom stereocenters. The lowest BCUT2D eigenvalue weighted by molar-refractivity contribution is -0.0434. The molecule has 0 radical (unpaired) electrons. The van der Waals surface area contributed by atoms with Gasteiger partial charge < -0.3 is 14.5 Å². The van der Waals surface area contributed by atoms with Gasteiger partial charge in [0.2, 0.25) is 0 Å². The number of hydrogen-bond acceptors (Lipinski definition) is 5. The summed E-state index contributed by atoms with van der Waals surface area (Å²) in [6, 6.07) is 0. The number of nitrogens with zero attached hydrogens (tertiary/aromatic N) is 4. The Bertz CT molecular complexity index is 586. The van der Waals surface area contributed by atoms with Gasteiger partial charge >= 0.3 is 6.09 Å². The average molecular weight is 339 g/mol. The van der Waals surface area contributed by atoms with Crippen LogP contribution in [-0.4, -0.2) is 52.7 Å². The van der Waals surface area contributed by atoms with E-state index >= 15 is 0 Å². The van der Waals surface area contributed by atoms with E-state index in [1.54, 1.807) is 17.3 Å². The first-order valence-corrected chi connectivity index (χ1v) is 8.35. The smallest absolute Gasteiger partial charge is 0.410 e. The Balaban J connectivity index is 1.52. The fourth-order valence-corrected chi connectivity index (χ4v) is 3.37. The van der Waals surface area contributed by atoms with Crippen LogP contribution in [0.1, 0.15) is 33.6 Å². The van der Waals surface area contributed by atoms with Crippen LogP contribution in [0.25, 0.3) is 0 Å². The molecule has 6 nitrogen and oxygen atoms in total. The molecule has 1 amide bonds. The number of carbonyl (C=O) groups is 1. The molecule has 0 aliphatic carbocycles. The first-order valence-electron chi connectivity index (χ1n) is 7.97. The molecule has 23 heavy (non-hydrogen) atoms. The van der Waals surface area contributed by atoms with Crippen molar-refractivity contribution in [2.24, 2.45) is 5.41 Å². The van der Waals surface area contributed by atoms with Crippen LogP contribution in [-0.2, 0) is 4.74 Å². The Morgan fingerprint density at radius 1 is 1.26 bits per heavy atom. The first kappa shape index (κ1) is 16.3. The van der Waals surface area contributed by atoms with Crippen molar-refractivity contribution in [1.29, 1.82) is 0 Å². The van der Waals surface area contributed by atoms with Crippen LogP contribution in [0.3, 0.4) is 0 Å². The van der Waals surface area contributed by atoms with E-state index in [1.807, 2.05) is 20.8 Å². The Kier molecular flexibility index (Phi) is 4.12. The molecule has 1 aromatic rings. The van der Waals surface area contributed by atoms with Gasteiger partial charge in [-0.05, 0) is 33.6 Å². The predicted molar refractivity (Wildman–Crippen MR) is 88.7 cm³/mol. The van der Waals surface area contributed by atoms with Gasteiger partial charge in [0.15, 0.2) is 0 Å². The number of hydrogen-bond donors (Lipinski definition) is 0. The Morgan fingerprint density at radius 3 is 2.48 bits per heavy atom. The maximum absolute atomic E-state index is 12.1. The van der Waals surface area contributed by atoms with E-state index in [9.17, 15) is 4.79 Å². The SMILES string of the molecule is CC(C)(C)OC(=O)N1CC2(CCN(c3cncc(Cl)n3)CC2)C1. The minimum absolute atomic E-state index is 0.203. The molecule has 0 bridgehead atoms. The van der Waals surface area contributed by atoms with Crippen molar-refractivity contribution in [2.75, 3.05) is 31.1 Å². The number of amides is 1. The quantitative estimate of drug-likeness (QED) is 0.788. The second kappa shape index (κ2) is 5.82. The van der Waals surface area contributed by atoms with Gasteiger partial charge in [-0.3, -0.25) is 4.98 Å². The summed E-state index contributed by atoms with van der Waals surface area (Å²) < 4.78 is 5.42. The van der Waals surface area contributed by atoms with E-state index in [-0.39, 0.29) is 11.5 Å². The molecule has 7 heteroatoms. The molecule has 1 aromatic heterocycles. The van der Waals surface area contributed by atoms with Crippen molar-refractivity contribution in [3.8, 4) is 0 Å². The van der Waals surface area contributed by atoms with Gasteiger partial charge in [0.05, 0.1) is 12.4 Å². The van der Waals surface area contributed by atoms with Crippen LogP contribution in [0.4, 0.5) is 10.6 Å². The molecule has 2 saturated heterocycles.